The molecule has 0 aliphatic carbocycles. The molecule has 0 fully saturated rings. The molecule has 0 spiro atoms. The second kappa shape index (κ2) is 11.3. The highest BCUT2D eigenvalue weighted by Gasteiger charge is 2.31. The van der Waals surface area contributed by atoms with Crippen molar-refractivity contribution < 1.29 is 17.0 Å². The summed E-state index contributed by atoms with van der Waals surface area (Å²) in [4.78, 5) is 2.92. The zero-order valence-corrected chi connectivity index (χ0v) is 24.1. The number of fused-ring (bicyclic) bond motifs is 2. The van der Waals surface area contributed by atoms with E-state index in [1.807, 2.05) is 43.0 Å². The fourth-order valence-electron chi connectivity index (χ4n) is 4.54. The van der Waals surface area contributed by atoms with E-state index in [0.717, 1.165) is 16.3 Å². The van der Waals surface area contributed by atoms with E-state index in [1.165, 1.54) is 37.0 Å². The van der Waals surface area contributed by atoms with Crippen molar-refractivity contribution >= 4 is 51.2 Å². The van der Waals surface area contributed by atoms with E-state index in [9.17, 15) is 8.42 Å². The molecule has 0 saturated carbocycles. The summed E-state index contributed by atoms with van der Waals surface area (Å²) in [6, 6.07) is 31.6. The molecule has 6 rings (SSSR count). The van der Waals surface area contributed by atoms with E-state index in [1.54, 1.807) is 42.2 Å². The number of para-hydroxylation sites is 1. The Kier molecular flexibility index (Phi) is 7.88. The lowest BCUT2D eigenvalue weighted by atomic mass is 10.1. The van der Waals surface area contributed by atoms with Crippen molar-refractivity contribution in [3.63, 3.8) is 0 Å². The molecule has 192 valence electrons. The molecule has 4 aromatic carbocycles. The molecule has 0 aromatic heterocycles. The summed E-state index contributed by atoms with van der Waals surface area (Å²) >= 11 is 3.49. The van der Waals surface area contributed by atoms with Gasteiger partial charge in [0.1, 0.15) is 4.90 Å². The van der Waals surface area contributed by atoms with E-state index < -0.39 is 10.0 Å². The van der Waals surface area contributed by atoms with Crippen molar-refractivity contribution in [3.8, 4) is 0 Å². The normalized spacial score (nSPS) is 14.6. The number of hydrogen-bond donors (Lipinski definition) is 0. The second-order valence-corrected chi connectivity index (χ2v) is 13.0. The third-order valence-corrected chi connectivity index (χ3v) is 11.0. The van der Waals surface area contributed by atoms with E-state index >= 15 is 0 Å². The van der Waals surface area contributed by atoms with Crippen LogP contribution in [0.25, 0.3) is 0 Å². The lowest BCUT2D eigenvalue weighted by Gasteiger charge is -2.17. The smallest absolute Gasteiger partial charge is 0.186 e. The zero-order chi connectivity index (χ0) is 26.7. The number of benzene rings is 4. The minimum Gasteiger partial charge on any atom is -0.186 e. The van der Waals surface area contributed by atoms with Crippen molar-refractivity contribution in [1.29, 1.82) is 0 Å². The first kappa shape index (κ1) is 26.5. The number of hydrogen-bond acceptors (Lipinski definition) is 4. The van der Waals surface area contributed by atoms with Crippen LogP contribution in [0, 0.1) is 13.8 Å². The van der Waals surface area contributed by atoms with Gasteiger partial charge in [-0.05, 0) is 49.2 Å². The fraction of sp³-hybridized carbons (Fsp3) is 0.161. The van der Waals surface area contributed by atoms with E-state index in [-0.39, 0.29) is 0 Å². The third-order valence-electron chi connectivity index (χ3n) is 6.62. The van der Waals surface area contributed by atoms with Gasteiger partial charge in [0.2, 0.25) is 11.6 Å². The highest BCUT2D eigenvalue weighted by molar-refractivity contribution is 7.99. The average Bonchev–Trinajstić information content (AvgIpc) is 2.95. The molecule has 0 radical (unpaired) electrons. The maximum atomic E-state index is 12.6. The van der Waals surface area contributed by atoms with Gasteiger partial charge in [0.25, 0.3) is 0 Å². The van der Waals surface area contributed by atoms with Crippen molar-refractivity contribution in [1.82, 2.24) is 0 Å². The number of thioether (sulfide) groups is 2. The lowest BCUT2D eigenvalue weighted by molar-refractivity contribution is -0.417. The van der Waals surface area contributed by atoms with Crippen molar-refractivity contribution in [2.24, 2.45) is 0 Å². The molecule has 7 heteroatoms. The highest BCUT2D eigenvalue weighted by Crippen LogP contribution is 2.33. The second-order valence-electron chi connectivity index (χ2n) is 9.18. The molecule has 0 amide bonds. The average molecular weight is 559 g/mol. The SMILES string of the molecule is CC1=[N+](c2ccccc2)CSc2c(C)cccc21.Cc1cccc2c1SC[N+](S(=O)(=O)c1ccccc1)=C2. The predicted molar refractivity (Wildman–Crippen MR) is 159 cm³/mol. The quantitative estimate of drug-likeness (QED) is 0.252. The Labute approximate surface area is 233 Å². The fourth-order valence-corrected chi connectivity index (χ4v) is 8.46. The van der Waals surface area contributed by atoms with E-state index in [4.69, 9.17) is 0 Å². The minimum atomic E-state index is -3.46. The monoisotopic (exact) mass is 558 g/mol. The summed E-state index contributed by atoms with van der Waals surface area (Å²) in [5, 5.41) is 0. The number of rotatable bonds is 3. The molecule has 0 unspecified atom stereocenters. The Bertz CT molecular complexity index is 1650. The number of nitrogens with zero attached hydrogens (tertiary/aromatic N) is 2. The molecule has 0 N–H and O–H groups in total. The Hall–Kier alpha value is -3.13. The van der Waals surface area contributed by atoms with Crippen molar-refractivity contribution in [3.05, 3.63) is 119 Å². The zero-order valence-electron chi connectivity index (χ0n) is 21.7. The van der Waals surface area contributed by atoms with Gasteiger partial charge in [-0.15, -0.1) is 3.98 Å². The Morgan fingerprint density at radius 2 is 1.26 bits per heavy atom. The van der Waals surface area contributed by atoms with Crippen molar-refractivity contribution in [2.45, 2.75) is 35.5 Å². The molecule has 0 bridgehead atoms. The van der Waals surface area contributed by atoms with Gasteiger partial charge in [-0.25, -0.2) is 0 Å². The van der Waals surface area contributed by atoms with Crippen LogP contribution in [0.5, 0.6) is 0 Å². The Morgan fingerprint density at radius 3 is 1.97 bits per heavy atom. The van der Waals surface area contributed by atoms with Crippen LogP contribution in [0.4, 0.5) is 5.69 Å². The van der Waals surface area contributed by atoms with Gasteiger partial charge in [-0.1, -0.05) is 84.2 Å². The van der Waals surface area contributed by atoms with Gasteiger partial charge in [0.05, 0.1) is 11.1 Å². The Morgan fingerprint density at radius 1 is 0.658 bits per heavy atom. The first-order valence-electron chi connectivity index (χ1n) is 12.4. The van der Waals surface area contributed by atoms with Gasteiger partial charge in [0, 0.05) is 28.8 Å². The van der Waals surface area contributed by atoms with Crippen LogP contribution in [-0.4, -0.2) is 40.7 Å². The van der Waals surface area contributed by atoms with E-state index in [2.05, 4.69) is 67.0 Å². The largest absolute Gasteiger partial charge is 0.395 e. The Balaban J connectivity index is 0.000000156. The van der Waals surface area contributed by atoms with E-state index in [0.29, 0.717) is 10.8 Å². The molecule has 2 heterocycles. The molecular formula is C31H30N2O2S3+2. The first-order valence-corrected chi connectivity index (χ1v) is 15.8. The van der Waals surface area contributed by atoms with Crippen LogP contribution in [0.3, 0.4) is 0 Å². The first-order chi connectivity index (χ1) is 18.4. The summed E-state index contributed by atoms with van der Waals surface area (Å²) in [5.41, 5.74) is 7.51. The van der Waals surface area contributed by atoms with Gasteiger partial charge < -0.3 is 0 Å². The molecule has 4 aromatic rings. The summed E-state index contributed by atoms with van der Waals surface area (Å²) in [5.74, 6) is 1.41. The summed E-state index contributed by atoms with van der Waals surface area (Å²) in [6.07, 6.45) is 1.72. The predicted octanol–water partition coefficient (Wildman–Crippen LogP) is 7.09. The van der Waals surface area contributed by atoms with Gasteiger partial charge >= 0.3 is 10.0 Å². The topological polar surface area (TPSA) is 40.2 Å². The van der Waals surface area contributed by atoms with Crippen LogP contribution in [0.15, 0.2) is 112 Å². The summed E-state index contributed by atoms with van der Waals surface area (Å²) < 4.78 is 28.9. The molecule has 38 heavy (non-hydrogen) atoms. The highest BCUT2D eigenvalue weighted by atomic mass is 32.2. The molecule has 4 nitrogen and oxygen atoms in total. The maximum Gasteiger partial charge on any atom is 0.395 e. The minimum absolute atomic E-state index is 0.327. The molecule has 2 aliphatic heterocycles. The maximum absolute atomic E-state index is 12.6. The van der Waals surface area contributed by atoms with Crippen LogP contribution in [0.2, 0.25) is 0 Å². The number of aryl methyl sites for hydroxylation is 2. The third kappa shape index (κ3) is 5.37. The van der Waals surface area contributed by atoms with Crippen LogP contribution in [-0.2, 0) is 10.0 Å². The van der Waals surface area contributed by atoms with Crippen LogP contribution in [0.1, 0.15) is 29.2 Å². The van der Waals surface area contributed by atoms with Crippen LogP contribution >= 0.6 is 23.5 Å². The molecule has 0 saturated heterocycles. The molecular weight excluding hydrogens is 529 g/mol. The van der Waals surface area contributed by atoms with Crippen molar-refractivity contribution in [2.75, 3.05) is 11.8 Å². The lowest BCUT2D eigenvalue weighted by Crippen LogP contribution is -2.25. The number of sulfonamides is 1. The molecule has 2 aliphatic rings. The van der Waals surface area contributed by atoms with Gasteiger partial charge in [0.15, 0.2) is 17.8 Å². The standard InChI is InChI=1S/C16H16NS.C15H14NO2S2/c1-12-7-6-10-15-13(2)17(11-18-16(12)15)14-8-4-3-5-9-14;1-12-6-5-7-13-10-16(11-19-15(12)13)20(17,18)14-8-3-2-4-9-14/h3-10H,11H2,1-2H3;2-10H,11H2,1H3/q2*+1. The molecule has 0 atom stereocenters. The van der Waals surface area contributed by atoms with Gasteiger partial charge in [-0.2, -0.15) is 13.0 Å². The summed E-state index contributed by atoms with van der Waals surface area (Å²) in [7, 11) is -3.46. The summed E-state index contributed by atoms with van der Waals surface area (Å²) in [6.45, 7) is 6.45. The van der Waals surface area contributed by atoms with Crippen LogP contribution < -0.4 is 0 Å². The van der Waals surface area contributed by atoms with Gasteiger partial charge in [-0.3, -0.25) is 0 Å².